The van der Waals surface area contributed by atoms with Crippen LogP contribution in [0, 0.1) is 6.92 Å². The minimum absolute atomic E-state index is 0.135. The summed E-state index contributed by atoms with van der Waals surface area (Å²) in [7, 11) is 1.56. The van der Waals surface area contributed by atoms with Gasteiger partial charge in [0.25, 0.3) is 0 Å². The van der Waals surface area contributed by atoms with Crippen LogP contribution in [0.4, 0.5) is 5.95 Å². The molecule has 1 atom stereocenters. The SMILES string of the molecule is COc1cccc([C@@H](CC(=O)O)NC(=S)Nc2nccc(C)n2)c1. The summed E-state index contributed by atoms with van der Waals surface area (Å²) in [5.74, 6) is 0.0581. The number of rotatable bonds is 6. The second kappa shape index (κ2) is 8.21. The minimum Gasteiger partial charge on any atom is -0.497 e. The normalized spacial score (nSPS) is 11.4. The van der Waals surface area contributed by atoms with Crippen molar-refractivity contribution in [3.05, 3.63) is 47.8 Å². The zero-order chi connectivity index (χ0) is 17.5. The number of benzene rings is 1. The Morgan fingerprint density at radius 3 is 2.88 bits per heavy atom. The molecule has 7 nitrogen and oxygen atoms in total. The number of aliphatic carboxylic acids is 1. The molecule has 0 amide bonds. The van der Waals surface area contributed by atoms with E-state index < -0.39 is 12.0 Å². The maximum Gasteiger partial charge on any atom is 0.305 e. The Morgan fingerprint density at radius 2 is 2.21 bits per heavy atom. The summed E-state index contributed by atoms with van der Waals surface area (Å²) in [4.78, 5) is 19.4. The van der Waals surface area contributed by atoms with Gasteiger partial charge in [0, 0.05) is 11.9 Å². The molecule has 0 spiro atoms. The van der Waals surface area contributed by atoms with Crippen molar-refractivity contribution < 1.29 is 14.6 Å². The Bertz CT molecular complexity index is 739. The highest BCUT2D eigenvalue weighted by molar-refractivity contribution is 7.80. The number of carboxylic acids is 1. The minimum atomic E-state index is -0.940. The summed E-state index contributed by atoms with van der Waals surface area (Å²) in [5.41, 5.74) is 1.55. The van der Waals surface area contributed by atoms with Crippen LogP contribution in [-0.4, -0.2) is 33.3 Å². The van der Waals surface area contributed by atoms with Crippen LogP contribution in [0.1, 0.15) is 23.7 Å². The molecule has 0 aliphatic rings. The van der Waals surface area contributed by atoms with Crippen LogP contribution in [-0.2, 0) is 4.79 Å². The molecule has 0 saturated carbocycles. The van der Waals surface area contributed by atoms with Crippen LogP contribution in [0.25, 0.3) is 0 Å². The van der Waals surface area contributed by atoms with Gasteiger partial charge < -0.3 is 20.5 Å². The van der Waals surface area contributed by atoms with E-state index in [1.54, 1.807) is 37.6 Å². The first kappa shape index (κ1) is 17.6. The van der Waals surface area contributed by atoms with E-state index in [1.165, 1.54) is 0 Å². The van der Waals surface area contributed by atoms with Gasteiger partial charge >= 0.3 is 5.97 Å². The standard InChI is InChI=1S/C16H18N4O3S/c1-10-6-7-17-15(18-10)20-16(24)19-13(9-14(21)22)11-4-3-5-12(8-11)23-2/h3-8,13H,9H2,1-2H3,(H,21,22)(H2,17,18,19,20,24)/t13-/m1/s1. The zero-order valence-electron chi connectivity index (χ0n) is 13.3. The smallest absolute Gasteiger partial charge is 0.305 e. The third kappa shape index (κ3) is 5.17. The van der Waals surface area contributed by atoms with Crippen LogP contribution in [0.15, 0.2) is 36.5 Å². The van der Waals surface area contributed by atoms with Crippen LogP contribution >= 0.6 is 12.2 Å². The quantitative estimate of drug-likeness (QED) is 0.686. The summed E-state index contributed by atoms with van der Waals surface area (Å²) >= 11 is 5.24. The topological polar surface area (TPSA) is 96.4 Å². The first-order valence-corrected chi connectivity index (χ1v) is 7.61. The number of hydrogen-bond donors (Lipinski definition) is 3. The number of methoxy groups -OCH3 is 1. The van der Waals surface area contributed by atoms with Gasteiger partial charge in [-0.15, -0.1) is 0 Å². The molecule has 0 unspecified atom stereocenters. The van der Waals surface area contributed by atoms with Gasteiger partial charge in [0.1, 0.15) is 5.75 Å². The lowest BCUT2D eigenvalue weighted by molar-refractivity contribution is -0.137. The van der Waals surface area contributed by atoms with Gasteiger partial charge in [-0.3, -0.25) is 4.79 Å². The number of hydrogen-bond acceptors (Lipinski definition) is 5. The van der Waals surface area contributed by atoms with Crippen molar-refractivity contribution in [3.63, 3.8) is 0 Å². The van der Waals surface area contributed by atoms with E-state index in [2.05, 4.69) is 20.6 Å². The molecule has 126 valence electrons. The number of aromatic nitrogens is 2. The van der Waals surface area contributed by atoms with Crippen molar-refractivity contribution in [2.45, 2.75) is 19.4 Å². The number of carboxylic acid groups (broad SMARTS) is 1. The fourth-order valence-corrected chi connectivity index (χ4v) is 2.32. The number of nitrogens with one attached hydrogen (secondary N) is 2. The fraction of sp³-hybridized carbons (Fsp3) is 0.250. The van der Waals surface area contributed by atoms with E-state index in [4.69, 9.17) is 22.1 Å². The molecule has 1 heterocycles. The number of thiocarbonyl (C=S) groups is 1. The lowest BCUT2D eigenvalue weighted by Gasteiger charge is -2.20. The van der Waals surface area contributed by atoms with Crippen molar-refractivity contribution in [2.24, 2.45) is 0 Å². The summed E-state index contributed by atoms with van der Waals surface area (Å²) in [6, 6.07) is 8.43. The van der Waals surface area contributed by atoms with Crippen molar-refractivity contribution in [3.8, 4) is 5.75 Å². The van der Waals surface area contributed by atoms with Gasteiger partial charge in [-0.25, -0.2) is 9.97 Å². The highest BCUT2D eigenvalue weighted by atomic mass is 32.1. The first-order valence-electron chi connectivity index (χ1n) is 7.21. The largest absolute Gasteiger partial charge is 0.497 e. The third-order valence-corrected chi connectivity index (χ3v) is 3.42. The number of anilines is 1. The number of nitrogens with zero attached hydrogens (tertiary/aromatic N) is 2. The molecule has 2 aromatic rings. The summed E-state index contributed by atoms with van der Waals surface area (Å²) < 4.78 is 5.18. The van der Waals surface area contributed by atoms with E-state index >= 15 is 0 Å². The van der Waals surface area contributed by atoms with Gasteiger partial charge in [-0.05, 0) is 42.9 Å². The Hall–Kier alpha value is -2.74. The fourth-order valence-electron chi connectivity index (χ4n) is 2.09. The van der Waals surface area contributed by atoms with Crippen molar-refractivity contribution in [1.29, 1.82) is 0 Å². The molecule has 8 heteroatoms. The molecule has 2 rings (SSSR count). The molecule has 0 aliphatic carbocycles. The molecule has 0 saturated heterocycles. The van der Waals surface area contributed by atoms with E-state index in [0.717, 1.165) is 11.3 Å². The zero-order valence-corrected chi connectivity index (χ0v) is 14.1. The molecule has 0 bridgehead atoms. The molecule has 1 aromatic heterocycles. The maximum absolute atomic E-state index is 11.2. The molecule has 0 radical (unpaired) electrons. The molecule has 1 aromatic carbocycles. The monoisotopic (exact) mass is 346 g/mol. The highest BCUT2D eigenvalue weighted by Gasteiger charge is 2.17. The van der Waals surface area contributed by atoms with Gasteiger partial charge in [0.05, 0.1) is 19.6 Å². The molecule has 0 fully saturated rings. The summed E-state index contributed by atoms with van der Waals surface area (Å²) in [5, 5.41) is 15.2. The number of ether oxygens (including phenoxy) is 1. The number of carbonyl (C=O) groups is 1. The van der Waals surface area contributed by atoms with Crippen LogP contribution < -0.4 is 15.4 Å². The van der Waals surface area contributed by atoms with Gasteiger partial charge in [0.2, 0.25) is 5.95 Å². The molecule has 0 aliphatic heterocycles. The van der Waals surface area contributed by atoms with Crippen molar-refractivity contribution >= 4 is 29.2 Å². The Kier molecular flexibility index (Phi) is 6.02. The first-order chi connectivity index (χ1) is 11.5. The third-order valence-electron chi connectivity index (χ3n) is 3.20. The molecular formula is C16H18N4O3S. The van der Waals surface area contributed by atoms with E-state index in [0.29, 0.717) is 11.7 Å². The summed E-state index contributed by atoms with van der Waals surface area (Å²) in [6.07, 6.45) is 1.48. The summed E-state index contributed by atoms with van der Waals surface area (Å²) in [6.45, 7) is 1.84. The highest BCUT2D eigenvalue weighted by Crippen LogP contribution is 2.22. The molecule has 24 heavy (non-hydrogen) atoms. The van der Waals surface area contributed by atoms with Crippen LogP contribution in [0.3, 0.4) is 0 Å². The van der Waals surface area contributed by atoms with Crippen LogP contribution in [0.5, 0.6) is 5.75 Å². The second-order valence-electron chi connectivity index (χ2n) is 5.05. The van der Waals surface area contributed by atoms with Gasteiger partial charge in [-0.2, -0.15) is 0 Å². The van der Waals surface area contributed by atoms with Gasteiger partial charge in [-0.1, -0.05) is 12.1 Å². The van der Waals surface area contributed by atoms with E-state index in [1.807, 2.05) is 13.0 Å². The van der Waals surface area contributed by atoms with Crippen LogP contribution in [0.2, 0.25) is 0 Å². The Balaban J connectivity index is 2.13. The Morgan fingerprint density at radius 1 is 1.42 bits per heavy atom. The maximum atomic E-state index is 11.2. The lowest BCUT2D eigenvalue weighted by Crippen LogP contribution is -2.34. The predicted octanol–water partition coefficient (Wildman–Crippen LogP) is 2.30. The lowest BCUT2D eigenvalue weighted by atomic mass is 10.0. The van der Waals surface area contributed by atoms with E-state index in [9.17, 15) is 4.79 Å². The van der Waals surface area contributed by atoms with Gasteiger partial charge in [0.15, 0.2) is 5.11 Å². The average Bonchev–Trinajstić information content (AvgIpc) is 2.54. The molecular weight excluding hydrogens is 328 g/mol. The number of aryl methyl sites for hydroxylation is 1. The molecule has 3 N–H and O–H groups in total. The van der Waals surface area contributed by atoms with Crippen molar-refractivity contribution in [2.75, 3.05) is 12.4 Å². The van der Waals surface area contributed by atoms with Crippen molar-refractivity contribution in [1.82, 2.24) is 15.3 Å². The van der Waals surface area contributed by atoms with E-state index in [-0.39, 0.29) is 11.5 Å². The average molecular weight is 346 g/mol. The predicted molar refractivity (Wildman–Crippen MR) is 94.1 cm³/mol. The second-order valence-corrected chi connectivity index (χ2v) is 5.46. The Labute approximate surface area is 145 Å².